The number of hydrogen-bond donors (Lipinski definition) is 1. The van der Waals surface area contributed by atoms with Crippen molar-refractivity contribution in [1.29, 1.82) is 0 Å². The predicted molar refractivity (Wildman–Crippen MR) is 89.6 cm³/mol. The molecule has 124 valence electrons. The topological polar surface area (TPSA) is 49.4 Å². The lowest BCUT2D eigenvalue weighted by molar-refractivity contribution is -0.128. The molecule has 1 heterocycles. The number of carbonyl (C=O) groups excluding carboxylic acids is 2. The van der Waals surface area contributed by atoms with Crippen molar-refractivity contribution in [3.8, 4) is 0 Å². The molecule has 3 rings (SSSR count). The van der Waals surface area contributed by atoms with Crippen LogP contribution in [0.2, 0.25) is 0 Å². The van der Waals surface area contributed by atoms with Crippen LogP contribution < -0.4 is 5.32 Å². The van der Waals surface area contributed by atoms with Crippen molar-refractivity contribution in [2.75, 3.05) is 13.1 Å². The Balaban J connectivity index is 1.45. The third kappa shape index (κ3) is 4.34. The van der Waals surface area contributed by atoms with E-state index in [1.165, 1.54) is 19.3 Å². The van der Waals surface area contributed by atoms with Crippen LogP contribution in [-0.4, -0.2) is 29.8 Å². The normalized spacial score (nSPS) is 22.3. The van der Waals surface area contributed by atoms with Crippen LogP contribution in [0.3, 0.4) is 0 Å². The van der Waals surface area contributed by atoms with E-state index in [1.54, 1.807) is 0 Å². The minimum Gasteiger partial charge on any atom is -0.356 e. The molecule has 0 bridgehead atoms. The summed E-state index contributed by atoms with van der Waals surface area (Å²) in [6.07, 6.45) is 6.20. The van der Waals surface area contributed by atoms with Gasteiger partial charge in [-0.25, -0.2) is 0 Å². The third-order valence-corrected chi connectivity index (χ3v) is 5.05. The van der Waals surface area contributed by atoms with E-state index >= 15 is 0 Å². The van der Waals surface area contributed by atoms with Crippen molar-refractivity contribution in [2.45, 2.75) is 45.1 Å². The molecule has 1 saturated heterocycles. The zero-order valence-corrected chi connectivity index (χ0v) is 13.7. The Bertz CT molecular complexity index is 538. The summed E-state index contributed by atoms with van der Waals surface area (Å²) in [5.41, 5.74) is 1.16. The summed E-state index contributed by atoms with van der Waals surface area (Å²) in [7, 11) is 0. The highest BCUT2D eigenvalue weighted by molar-refractivity contribution is 5.80. The molecule has 2 amide bonds. The zero-order chi connectivity index (χ0) is 16.1. The van der Waals surface area contributed by atoms with Crippen LogP contribution in [0, 0.1) is 11.8 Å². The third-order valence-electron chi connectivity index (χ3n) is 5.05. The number of amides is 2. The molecule has 1 aromatic carbocycles. The first kappa shape index (κ1) is 16.0. The van der Waals surface area contributed by atoms with E-state index in [1.807, 2.05) is 35.2 Å². The number of nitrogens with zero attached hydrogens (tertiary/aromatic N) is 1. The van der Waals surface area contributed by atoms with Crippen LogP contribution >= 0.6 is 0 Å². The van der Waals surface area contributed by atoms with E-state index in [-0.39, 0.29) is 23.7 Å². The molecule has 23 heavy (non-hydrogen) atoms. The average molecular weight is 314 g/mol. The maximum Gasteiger partial charge on any atom is 0.223 e. The van der Waals surface area contributed by atoms with E-state index in [0.29, 0.717) is 19.5 Å². The number of hydrogen-bond acceptors (Lipinski definition) is 2. The van der Waals surface area contributed by atoms with Gasteiger partial charge >= 0.3 is 0 Å². The molecule has 4 nitrogen and oxygen atoms in total. The van der Waals surface area contributed by atoms with Gasteiger partial charge in [0.25, 0.3) is 0 Å². The van der Waals surface area contributed by atoms with Crippen LogP contribution in [0.4, 0.5) is 0 Å². The number of nitrogens with one attached hydrogen (secondary N) is 1. The van der Waals surface area contributed by atoms with Gasteiger partial charge in [-0.2, -0.15) is 0 Å². The second-order valence-electron chi connectivity index (χ2n) is 6.91. The Morgan fingerprint density at radius 1 is 1.13 bits per heavy atom. The van der Waals surface area contributed by atoms with Gasteiger partial charge in [-0.15, -0.1) is 0 Å². The molecule has 0 radical (unpaired) electrons. The Morgan fingerprint density at radius 2 is 1.87 bits per heavy atom. The van der Waals surface area contributed by atoms with Crippen molar-refractivity contribution in [3.05, 3.63) is 35.9 Å². The molecular weight excluding hydrogens is 288 g/mol. The summed E-state index contributed by atoms with van der Waals surface area (Å²) < 4.78 is 0. The van der Waals surface area contributed by atoms with Gasteiger partial charge in [0.1, 0.15) is 0 Å². The smallest absolute Gasteiger partial charge is 0.223 e. The molecule has 1 atom stereocenters. The second-order valence-corrected chi connectivity index (χ2v) is 6.91. The largest absolute Gasteiger partial charge is 0.356 e. The lowest BCUT2D eigenvalue weighted by atomic mass is 9.88. The summed E-state index contributed by atoms with van der Waals surface area (Å²) in [5, 5.41) is 3.08. The lowest BCUT2D eigenvalue weighted by Gasteiger charge is -2.22. The molecule has 1 aliphatic carbocycles. The summed E-state index contributed by atoms with van der Waals surface area (Å²) in [5.74, 6) is 0.837. The van der Waals surface area contributed by atoms with Crippen molar-refractivity contribution in [2.24, 2.45) is 11.8 Å². The van der Waals surface area contributed by atoms with E-state index in [0.717, 1.165) is 24.9 Å². The van der Waals surface area contributed by atoms with E-state index in [2.05, 4.69) is 5.32 Å². The molecule has 2 fully saturated rings. The molecule has 0 spiro atoms. The summed E-state index contributed by atoms with van der Waals surface area (Å²) in [6, 6.07) is 10.1. The van der Waals surface area contributed by atoms with Gasteiger partial charge in [0.2, 0.25) is 11.8 Å². The van der Waals surface area contributed by atoms with Crippen molar-refractivity contribution < 1.29 is 9.59 Å². The number of benzene rings is 1. The summed E-state index contributed by atoms with van der Waals surface area (Å²) >= 11 is 0. The van der Waals surface area contributed by atoms with Gasteiger partial charge in [0, 0.05) is 37.9 Å². The van der Waals surface area contributed by atoms with Crippen molar-refractivity contribution in [1.82, 2.24) is 10.2 Å². The van der Waals surface area contributed by atoms with Crippen molar-refractivity contribution >= 4 is 11.8 Å². The van der Waals surface area contributed by atoms with Crippen LogP contribution in [0.25, 0.3) is 0 Å². The van der Waals surface area contributed by atoms with Crippen LogP contribution in [0.15, 0.2) is 30.3 Å². The highest BCUT2D eigenvalue weighted by atomic mass is 16.2. The summed E-state index contributed by atoms with van der Waals surface area (Å²) in [4.78, 5) is 26.3. The second kappa shape index (κ2) is 7.62. The summed E-state index contributed by atoms with van der Waals surface area (Å²) in [6.45, 7) is 2.05. The highest BCUT2D eigenvalue weighted by Gasteiger charge is 2.30. The number of rotatable bonds is 5. The van der Waals surface area contributed by atoms with Crippen LogP contribution in [-0.2, 0) is 16.1 Å². The first-order chi connectivity index (χ1) is 11.2. The predicted octanol–water partition coefficient (Wildman–Crippen LogP) is 2.73. The van der Waals surface area contributed by atoms with E-state index in [9.17, 15) is 9.59 Å². The molecule has 1 aromatic rings. The monoisotopic (exact) mass is 314 g/mol. The zero-order valence-electron chi connectivity index (χ0n) is 13.7. The molecule has 0 aromatic heterocycles. The lowest BCUT2D eigenvalue weighted by Crippen LogP contribution is -2.36. The van der Waals surface area contributed by atoms with Gasteiger partial charge in [-0.1, -0.05) is 49.6 Å². The molecule has 1 N–H and O–H groups in total. The first-order valence-corrected chi connectivity index (χ1v) is 8.82. The maximum atomic E-state index is 12.2. The van der Waals surface area contributed by atoms with Gasteiger partial charge in [0.05, 0.1) is 0 Å². The highest BCUT2D eigenvalue weighted by Crippen LogP contribution is 2.24. The van der Waals surface area contributed by atoms with Gasteiger partial charge < -0.3 is 10.2 Å². The van der Waals surface area contributed by atoms with Gasteiger partial charge in [0.15, 0.2) is 0 Å². The fourth-order valence-corrected chi connectivity index (χ4v) is 3.70. The Morgan fingerprint density at radius 3 is 2.61 bits per heavy atom. The molecule has 1 saturated carbocycles. The minimum atomic E-state index is 0.193. The van der Waals surface area contributed by atoms with Crippen molar-refractivity contribution in [3.63, 3.8) is 0 Å². The Labute approximate surface area is 138 Å². The molecular formula is C19H26N2O2. The van der Waals surface area contributed by atoms with Crippen LogP contribution in [0.1, 0.15) is 44.1 Å². The maximum absolute atomic E-state index is 12.2. The molecule has 2 aliphatic rings. The number of likely N-dealkylation sites (tertiary alicyclic amines) is 1. The average Bonchev–Trinajstić information content (AvgIpc) is 2.94. The van der Waals surface area contributed by atoms with E-state index < -0.39 is 0 Å². The minimum absolute atomic E-state index is 0.193. The molecule has 4 heteroatoms. The Hall–Kier alpha value is -1.84. The first-order valence-electron chi connectivity index (χ1n) is 8.82. The fraction of sp³-hybridized carbons (Fsp3) is 0.579. The standard InChI is InChI=1S/C19H26N2O2/c22-18-11-16(12-20-19(23)17-9-5-2-6-10-17)14-21(18)13-15-7-3-1-4-8-15/h1,3-4,7-8,16-17H,2,5-6,9-14H2,(H,20,23)/t16-/m0/s1. The number of carbonyl (C=O) groups is 2. The molecule has 1 aliphatic heterocycles. The van der Waals surface area contributed by atoms with Crippen LogP contribution in [0.5, 0.6) is 0 Å². The quantitative estimate of drug-likeness (QED) is 0.908. The van der Waals surface area contributed by atoms with E-state index in [4.69, 9.17) is 0 Å². The molecule has 0 unspecified atom stereocenters. The SMILES string of the molecule is O=C(NC[C@@H]1CC(=O)N(Cc2ccccc2)C1)C1CCCCC1. The Kier molecular flexibility index (Phi) is 5.31. The van der Waals surface area contributed by atoms with Gasteiger partial charge in [-0.05, 0) is 18.4 Å². The van der Waals surface area contributed by atoms with Gasteiger partial charge in [-0.3, -0.25) is 9.59 Å². The fourth-order valence-electron chi connectivity index (χ4n) is 3.70.